The zero-order valence-electron chi connectivity index (χ0n) is 3.07. The van der Waals surface area contributed by atoms with Crippen molar-refractivity contribution in [2.24, 2.45) is 0 Å². The topological polar surface area (TPSA) is 51.7 Å². The van der Waals surface area contributed by atoms with Gasteiger partial charge in [-0.05, 0) is 6.42 Å². The Morgan fingerprint density at radius 1 is 1.60 bits per heavy atom. The summed E-state index contributed by atoms with van der Waals surface area (Å²) in [5.41, 5.74) is 0. The predicted octanol–water partition coefficient (Wildman–Crippen LogP) is -0.622. The van der Waals surface area contributed by atoms with Crippen LogP contribution >= 0.6 is 0 Å². The third kappa shape index (κ3) is 17.1. The minimum Gasteiger partial charge on any atom is -0.412 e. The van der Waals surface area contributed by atoms with E-state index in [2.05, 4.69) is 6.92 Å². The van der Waals surface area contributed by atoms with Gasteiger partial charge in [0, 0.05) is 6.61 Å². The molecule has 0 aromatic carbocycles. The molecule has 0 atom stereocenters. The lowest BCUT2D eigenvalue weighted by Gasteiger charge is -1.69. The van der Waals surface area contributed by atoms with Gasteiger partial charge in [0.25, 0.3) is 0 Å². The quantitative estimate of drug-likeness (QED) is 0.445. The van der Waals surface area contributed by atoms with Crippen molar-refractivity contribution in [3.63, 3.8) is 0 Å². The SMILES string of the molecule is O.[CH2]CCO. The summed E-state index contributed by atoms with van der Waals surface area (Å²) in [6, 6.07) is 0. The highest BCUT2D eigenvalue weighted by Gasteiger charge is 1.57. The van der Waals surface area contributed by atoms with E-state index in [0.29, 0.717) is 6.42 Å². The Bertz CT molecular complexity index is 6.85. The molecule has 0 aliphatic carbocycles. The third-order valence-corrected chi connectivity index (χ3v) is 0.158. The van der Waals surface area contributed by atoms with Crippen molar-refractivity contribution in [2.75, 3.05) is 6.61 Å². The van der Waals surface area contributed by atoms with Gasteiger partial charge in [0.2, 0.25) is 0 Å². The highest BCUT2D eigenvalue weighted by Crippen LogP contribution is 1.60. The van der Waals surface area contributed by atoms with Gasteiger partial charge in [0.1, 0.15) is 0 Å². The molecule has 0 rings (SSSR count). The molecular weight excluding hydrogens is 68.0 g/mol. The molecule has 0 aromatic heterocycles. The van der Waals surface area contributed by atoms with E-state index >= 15 is 0 Å². The van der Waals surface area contributed by atoms with E-state index in [9.17, 15) is 0 Å². The number of rotatable bonds is 1. The van der Waals surface area contributed by atoms with E-state index in [-0.39, 0.29) is 12.1 Å². The summed E-state index contributed by atoms with van der Waals surface area (Å²) in [4.78, 5) is 0. The van der Waals surface area contributed by atoms with Crippen LogP contribution in [0.5, 0.6) is 0 Å². The molecule has 0 unspecified atom stereocenters. The molecule has 0 heterocycles. The van der Waals surface area contributed by atoms with Crippen molar-refractivity contribution in [1.29, 1.82) is 0 Å². The summed E-state index contributed by atoms with van der Waals surface area (Å²) in [7, 11) is 0. The molecule has 0 amide bonds. The van der Waals surface area contributed by atoms with Gasteiger partial charge in [-0.15, -0.1) is 0 Å². The van der Waals surface area contributed by atoms with Crippen LogP contribution in [-0.2, 0) is 0 Å². The first-order valence-electron chi connectivity index (χ1n) is 1.32. The maximum atomic E-state index is 7.81. The molecule has 0 saturated heterocycles. The van der Waals surface area contributed by atoms with Crippen LogP contribution in [0.1, 0.15) is 6.42 Å². The molecule has 33 valence electrons. The molecular formula is C3H9O2. The third-order valence-electron chi connectivity index (χ3n) is 0.158. The molecule has 0 saturated carbocycles. The Morgan fingerprint density at radius 2 is 1.80 bits per heavy atom. The average molecular weight is 77.1 g/mol. The fourth-order valence-electron chi connectivity index (χ4n) is 0. The van der Waals surface area contributed by atoms with Crippen LogP contribution in [0.2, 0.25) is 0 Å². The van der Waals surface area contributed by atoms with E-state index in [1.165, 1.54) is 0 Å². The van der Waals surface area contributed by atoms with Crippen LogP contribution in [0, 0.1) is 6.92 Å². The van der Waals surface area contributed by atoms with E-state index in [4.69, 9.17) is 5.11 Å². The van der Waals surface area contributed by atoms with Gasteiger partial charge >= 0.3 is 0 Å². The fourth-order valence-corrected chi connectivity index (χ4v) is 0. The first kappa shape index (κ1) is 8.87. The molecule has 1 radical (unpaired) electrons. The smallest absolute Gasteiger partial charge is 0.0431 e. The Labute approximate surface area is 31.7 Å². The van der Waals surface area contributed by atoms with Crippen LogP contribution in [-0.4, -0.2) is 17.2 Å². The lowest BCUT2D eigenvalue weighted by molar-refractivity contribution is 0.302. The number of hydrogen-bond acceptors (Lipinski definition) is 1. The zero-order valence-corrected chi connectivity index (χ0v) is 3.07. The van der Waals surface area contributed by atoms with Gasteiger partial charge in [-0.3, -0.25) is 0 Å². The summed E-state index contributed by atoms with van der Waals surface area (Å²) in [6.07, 6.45) is 0.625. The van der Waals surface area contributed by atoms with Crippen LogP contribution in [0.25, 0.3) is 0 Å². The second-order valence-electron chi connectivity index (χ2n) is 0.577. The zero-order chi connectivity index (χ0) is 3.41. The Hall–Kier alpha value is -0.0800. The first-order valence-corrected chi connectivity index (χ1v) is 1.32. The minimum atomic E-state index is 0. The number of hydrogen-bond donors (Lipinski definition) is 1. The maximum absolute atomic E-state index is 7.81. The second-order valence-corrected chi connectivity index (χ2v) is 0.577. The molecule has 0 aliphatic rings. The van der Waals surface area contributed by atoms with Gasteiger partial charge < -0.3 is 10.6 Å². The average Bonchev–Trinajstić information content (AvgIpc) is 1.37. The summed E-state index contributed by atoms with van der Waals surface area (Å²) in [5.74, 6) is 0. The van der Waals surface area contributed by atoms with E-state index in [1.54, 1.807) is 0 Å². The summed E-state index contributed by atoms with van der Waals surface area (Å²) in [6.45, 7) is 3.56. The van der Waals surface area contributed by atoms with Crippen LogP contribution in [0.3, 0.4) is 0 Å². The Balaban J connectivity index is 0. The van der Waals surface area contributed by atoms with E-state index < -0.39 is 0 Å². The van der Waals surface area contributed by atoms with Crippen molar-refractivity contribution in [3.05, 3.63) is 6.92 Å². The number of aliphatic hydroxyl groups is 1. The monoisotopic (exact) mass is 77.1 g/mol. The molecule has 2 heteroatoms. The molecule has 0 aromatic rings. The summed E-state index contributed by atoms with van der Waals surface area (Å²) in [5, 5.41) is 7.81. The number of aliphatic hydroxyl groups excluding tert-OH is 1. The van der Waals surface area contributed by atoms with Crippen molar-refractivity contribution in [2.45, 2.75) is 6.42 Å². The molecule has 0 bridgehead atoms. The fraction of sp³-hybridized carbons (Fsp3) is 0.667. The highest BCUT2D eigenvalue weighted by atomic mass is 16.2. The van der Waals surface area contributed by atoms with E-state index in [1.807, 2.05) is 0 Å². The molecule has 5 heavy (non-hydrogen) atoms. The molecule has 3 N–H and O–H groups in total. The molecule has 2 nitrogen and oxygen atoms in total. The molecule has 0 aliphatic heterocycles. The van der Waals surface area contributed by atoms with Gasteiger partial charge in [0.05, 0.1) is 0 Å². The van der Waals surface area contributed by atoms with Crippen molar-refractivity contribution < 1.29 is 10.6 Å². The van der Waals surface area contributed by atoms with Crippen LogP contribution in [0.15, 0.2) is 0 Å². The van der Waals surface area contributed by atoms with Crippen LogP contribution in [0.4, 0.5) is 0 Å². The first-order chi connectivity index (χ1) is 1.91. The van der Waals surface area contributed by atoms with Crippen molar-refractivity contribution in [3.8, 4) is 0 Å². The van der Waals surface area contributed by atoms with E-state index in [0.717, 1.165) is 0 Å². The van der Waals surface area contributed by atoms with Crippen molar-refractivity contribution >= 4 is 0 Å². The second kappa shape index (κ2) is 9.07. The molecule has 0 spiro atoms. The Morgan fingerprint density at radius 3 is 1.80 bits per heavy atom. The lowest BCUT2D eigenvalue weighted by Crippen LogP contribution is -1.70. The largest absolute Gasteiger partial charge is 0.412 e. The minimum absolute atomic E-state index is 0. The Kier molecular flexibility index (Phi) is 16.1. The van der Waals surface area contributed by atoms with Gasteiger partial charge in [-0.25, -0.2) is 0 Å². The highest BCUT2D eigenvalue weighted by molar-refractivity contribution is 4.28. The maximum Gasteiger partial charge on any atom is 0.0431 e. The van der Waals surface area contributed by atoms with Gasteiger partial charge in [-0.1, -0.05) is 6.92 Å². The standard InChI is InChI=1S/C3H7O.H2O/c1-2-3-4;/h4H,1-3H2;1H2. The summed E-state index contributed by atoms with van der Waals surface area (Å²) < 4.78 is 0. The van der Waals surface area contributed by atoms with Gasteiger partial charge in [0.15, 0.2) is 0 Å². The van der Waals surface area contributed by atoms with Crippen LogP contribution < -0.4 is 0 Å². The lowest BCUT2D eigenvalue weighted by atomic mass is 10.5. The molecule has 0 fully saturated rings. The van der Waals surface area contributed by atoms with Crippen molar-refractivity contribution in [1.82, 2.24) is 0 Å². The normalized spacial score (nSPS) is 6.00. The van der Waals surface area contributed by atoms with Gasteiger partial charge in [-0.2, -0.15) is 0 Å². The predicted molar refractivity (Wildman–Crippen MR) is 20.7 cm³/mol. The summed E-state index contributed by atoms with van der Waals surface area (Å²) >= 11 is 0.